The number of nitrogens with zero attached hydrogens (tertiary/aromatic N) is 1. The molecule has 132 valence electrons. The molecule has 0 saturated heterocycles. The van der Waals surface area contributed by atoms with Crippen LogP contribution in [0.1, 0.15) is 26.3 Å². The molecule has 2 aromatic carbocycles. The van der Waals surface area contributed by atoms with Crippen molar-refractivity contribution >= 4 is 23.9 Å². The maximum absolute atomic E-state index is 12.5. The number of imide groups is 1. The Morgan fingerprint density at radius 1 is 0.962 bits per heavy atom. The highest BCUT2D eigenvalue weighted by atomic mass is 16.5. The molecule has 2 aromatic rings. The van der Waals surface area contributed by atoms with Crippen molar-refractivity contribution in [1.82, 2.24) is 4.90 Å². The molecule has 0 bridgehead atoms. The van der Waals surface area contributed by atoms with Crippen LogP contribution in [0.2, 0.25) is 0 Å². The molecule has 0 spiro atoms. The number of methoxy groups -OCH3 is 2. The molecule has 6 nitrogen and oxygen atoms in total. The number of hydrogen-bond donors (Lipinski definition) is 0. The van der Waals surface area contributed by atoms with Gasteiger partial charge in [-0.15, -0.1) is 0 Å². The number of fused-ring (bicyclic) bond motifs is 1. The van der Waals surface area contributed by atoms with Crippen molar-refractivity contribution in [3.05, 3.63) is 70.8 Å². The number of para-hydroxylation sites is 1. The minimum Gasteiger partial charge on any atom is -0.496 e. The Labute approximate surface area is 150 Å². The monoisotopic (exact) mass is 351 g/mol. The van der Waals surface area contributed by atoms with E-state index in [-0.39, 0.29) is 12.1 Å². The van der Waals surface area contributed by atoms with Crippen LogP contribution >= 0.6 is 0 Å². The second kappa shape index (κ2) is 7.23. The fourth-order valence-corrected chi connectivity index (χ4v) is 2.83. The van der Waals surface area contributed by atoms with Gasteiger partial charge in [0.15, 0.2) is 0 Å². The smallest absolute Gasteiger partial charge is 0.335 e. The van der Waals surface area contributed by atoms with E-state index in [1.807, 2.05) is 0 Å². The topological polar surface area (TPSA) is 72.9 Å². The van der Waals surface area contributed by atoms with Crippen molar-refractivity contribution in [2.45, 2.75) is 0 Å². The lowest BCUT2D eigenvalue weighted by Gasteiger charge is -2.16. The number of esters is 1. The van der Waals surface area contributed by atoms with E-state index in [4.69, 9.17) is 9.47 Å². The molecule has 2 amide bonds. The third-order valence-electron chi connectivity index (χ3n) is 4.12. The van der Waals surface area contributed by atoms with E-state index in [2.05, 4.69) is 0 Å². The van der Waals surface area contributed by atoms with Crippen molar-refractivity contribution in [1.29, 1.82) is 0 Å². The highest BCUT2D eigenvalue weighted by Crippen LogP contribution is 2.25. The molecule has 1 aliphatic rings. The van der Waals surface area contributed by atoms with Gasteiger partial charge in [-0.1, -0.05) is 30.3 Å². The summed E-state index contributed by atoms with van der Waals surface area (Å²) < 4.78 is 10.1. The van der Waals surface area contributed by atoms with Crippen LogP contribution in [-0.2, 0) is 9.53 Å². The lowest BCUT2D eigenvalue weighted by molar-refractivity contribution is -0.136. The van der Waals surface area contributed by atoms with E-state index in [9.17, 15) is 14.4 Å². The summed E-state index contributed by atoms with van der Waals surface area (Å²) in [5.41, 5.74) is 1.48. The summed E-state index contributed by atoms with van der Waals surface area (Å²) in [6, 6.07) is 13.7. The van der Waals surface area contributed by atoms with Crippen LogP contribution in [0.4, 0.5) is 0 Å². The van der Waals surface area contributed by atoms with Crippen LogP contribution in [0.5, 0.6) is 5.75 Å². The van der Waals surface area contributed by atoms with Gasteiger partial charge in [0, 0.05) is 5.56 Å². The van der Waals surface area contributed by atoms with E-state index < -0.39 is 17.8 Å². The molecule has 0 fully saturated rings. The first-order valence-corrected chi connectivity index (χ1v) is 7.94. The Balaban J connectivity index is 1.96. The van der Waals surface area contributed by atoms with Gasteiger partial charge in [-0.25, -0.2) is 4.79 Å². The molecule has 1 aliphatic heterocycles. The molecule has 0 radical (unpaired) electrons. The van der Waals surface area contributed by atoms with E-state index in [1.54, 1.807) is 54.6 Å². The van der Waals surface area contributed by atoms with Crippen molar-refractivity contribution in [2.75, 3.05) is 20.8 Å². The van der Waals surface area contributed by atoms with E-state index in [0.29, 0.717) is 22.4 Å². The van der Waals surface area contributed by atoms with Gasteiger partial charge in [-0.05, 0) is 24.3 Å². The first kappa shape index (κ1) is 17.4. The number of amides is 2. The van der Waals surface area contributed by atoms with Crippen LogP contribution in [0.25, 0.3) is 6.08 Å². The van der Waals surface area contributed by atoms with Crippen molar-refractivity contribution in [3.63, 3.8) is 0 Å². The lowest BCUT2D eigenvalue weighted by atomic mass is 10.1. The molecule has 0 aromatic heterocycles. The minimum absolute atomic E-state index is 0.173. The molecular formula is C20H17NO5. The van der Waals surface area contributed by atoms with Crippen molar-refractivity contribution in [2.24, 2.45) is 0 Å². The summed E-state index contributed by atoms with van der Waals surface area (Å²) in [7, 11) is 2.77. The fraction of sp³-hybridized carbons (Fsp3) is 0.150. The van der Waals surface area contributed by atoms with Gasteiger partial charge in [0.1, 0.15) is 5.75 Å². The molecule has 1 heterocycles. The van der Waals surface area contributed by atoms with Crippen LogP contribution < -0.4 is 4.74 Å². The van der Waals surface area contributed by atoms with Crippen LogP contribution in [0, 0.1) is 0 Å². The molecule has 0 aliphatic carbocycles. The summed E-state index contributed by atoms with van der Waals surface area (Å²) in [5.74, 6) is -0.912. The SMILES string of the molecule is COC(=O)/C(=C\c1ccccc1OC)CN1C(=O)c2ccccc2C1=O. The Morgan fingerprint density at radius 3 is 2.12 bits per heavy atom. The Morgan fingerprint density at radius 2 is 1.54 bits per heavy atom. The maximum atomic E-state index is 12.5. The van der Waals surface area contributed by atoms with Gasteiger partial charge in [0.2, 0.25) is 0 Å². The van der Waals surface area contributed by atoms with Gasteiger partial charge in [-0.2, -0.15) is 0 Å². The second-order valence-electron chi connectivity index (χ2n) is 5.65. The van der Waals surface area contributed by atoms with Crippen LogP contribution in [-0.4, -0.2) is 43.4 Å². The first-order chi connectivity index (χ1) is 12.6. The number of carbonyl (C=O) groups excluding carboxylic acids is 3. The molecule has 0 unspecified atom stereocenters. The summed E-state index contributed by atoms with van der Waals surface area (Å²) in [6.07, 6.45) is 1.56. The Bertz CT molecular complexity index is 881. The van der Waals surface area contributed by atoms with E-state index in [0.717, 1.165) is 4.90 Å². The van der Waals surface area contributed by atoms with E-state index >= 15 is 0 Å². The highest BCUT2D eigenvalue weighted by Gasteiger charge is 2.36. The third-order valence-corrected chi connectivity index (χ3v) is 4.12. The molecule has 6 heteroatoms. The van der Waals surface area contributed by atoms with Gasteiger partial charge < -0.3 is 9.47 Å². The molecular weight excluding hydrogens is 334 g/mol. The number of carbonyl (C=O) groups is 3. The molecule has 3 rings (SSSR count). The second-order valence-corrected chi connectivity index (χ2v) is 5.65. The quantitative estimate of drug-likeness (QED) is 0.470. The Hall–Kier alpha value is -3.41. The predicted molar refractivity (Wildman–Crippen MR) is 94.8 cm³/mol. The predicted octanol–water partition coefficient (Wildman–Crippen LogP) is 2.55. The summed E-state index contributed by atoms with van der Waals surface area (Å²) in [4.78, 5) is 38.3. The molecule has 0 saturated carbocycles. The largest absolute Gasteiger partial charge is 0.496 e. The number of hydrogen-bond acceptors (Lipinski definition) is 5. The molecule has 0 N–H and O–H groups in total. The lowest BCUT2D eigenvalue weighted by Crippen LogP contribution is -2.33. The zero-order valence-electron chi connectivity index (χ0n) is 14.4. The van der Waals surface area contributed by atoms with Crippen LogP contribution in [0.15, 0.2) is 54.1 Å². The summed E-state index contributed by atoms with van der Waals surface area (Å²) in [5, 5.41) is 0. The van der Waals surface area contributed by atoms with Gasteiger partial charge >= 0.3 is 5.97 Å². The molecule has 0 atom stereocenters. The third kappa shape index (κ3) is 3.09. The fourth-order valence-electron chi connectivity index (χ4n) is 2.83. The first-order valence-electron chi connectivity index (χ1n) is 7.94. The van der Waals surface area contributed by atoms with E-state index in [1.165, 1.54) is 14.2 Å². The zero-order chi connectivity index (χ0) is 18.7. The highest BCUT2D eigenvalue weighted by molar-refractivity contribution is 6.21. The number of rotatable bonds is 5. The van der Waals surface area contributed by atoms with Gasteiger partial charge in [-0.3, -0.25) is 14.5 Å². The van der Waals surface area contributed by atoms with Crippen molar-refractivity contribution < 1.29 is 23.9 Å². The standard InChI is InChI=1S/C20H17NO5/c1-25-17-10-6-3-7-13(17)11-14(20(24)26-2)12-21-18(22)15-8-4-5-9-16(15)19(21)23/h3-11H,12H2,1-2H3/b14-11-. The normalized spacial score (nSPS) is 13.6. The van der Waals surface area contributed by atoms with Crippen molar-refractivity contribution in [3.8, 4) is 5.75 Å². The molecule has 26 heavy (non-hydrogen) atoms. The number of ether oxygens (including phenoxy) is 2. The summed E-state index contributed by atoms with van der Waals surface area (Å²) >= 11 is 0. The Kier molecular flexibility index (Phi) is 4.84. The average molecular weight is 351 g/mol. The zero-order valence-corrected chi connectivity index (χ0v) is 14.4. The van der Waals surface area contributed by atoms with Gasteiger partial charge in [0.25, 0.3) is 11.8 Å². The maximum Gasteiger partial charge on any atom is 0.335 e. The summed E-state index contributed by atoms with van der Waals surface area (Å²) in [6.45, 7) is -0.183. The minimum atomic E-state index is -0.618. The van der Waals surface area contributed by atoms with Gasteiger partial charge in [0.05, 0.1) is 37.5 Å². The number of benzene rings is 2. The van der Waals surface area contributed by atoms with Crippen LogP contribution in [0.3, 0.4) is 0 Å². The average Bonchev–Trinajstić information content (AvgIpc) is 2.92.